The Labute approximate surface area is 126 Å². The molecule has 21 heavy (non-hydrogen) atoms. The molecule has 0 heterocycles. The van der Waals surface area contributed by atoms with Crippen molar-refractivity contribution >= 4 is 21.4 Å². The topological polar surface area (TPSA) is 72.2 Å². The van der Waals surface area contributed by atoms with Crippen LogP contribution < -0.4 is 10.5 Å². The summed E-state index contributed by atoms with van der Waals surface area (Å²) in [5.41, 5.74) is 8.49. The highest BCUT2D eigenvalue weighted by molar-refractivity contribution is 7.92. The summed E-state index contributed by atoms with van der Waals surface area (Å²) >= 11 is 0. The molecule has 0 fully saturated rings. The van der Waals surface area contributed by atoms with Crippen LogP contribution in [0.2, 0.25) is 0 Å². The Bertz CT molecular complexity index is 753. The highest BCUT2D eigenvalue weighted by atomic mass is 32.2. The molecule has 4 nitrogen and oxygen atoms in total. The van der Waals surface area contributed by atoms with E-state index in [0.717, 1.165) is 5.56 Å². The van der Waals surface area contributed by atoms with Crippen LogP contribution in [0, 0.1) is 6.92 Å². The van der Waals surface area contributed by atoms with Gasteiger partial charge < -0.3 is 5.73 Å². The summed E-state index contributed by atoms with van der Waals surface area (Å²) in [7, 11) is -3.61. The van der Waals surface area contributed by atoms with Crippen LogP contribution in [0.3, 0.4) is 0 Å². The number of sulfonamides is 1. The Morgan fingerprint density at radius 3 is 2.43 bits per heavy atom. The molecule has 112 valence electrons. The highest BCUT2D eigenvalue weighted by Crippen LogP contribution is 2.23. The first-order valence-electron chi connectivity index (χ1n) is 6.78. The number of rotatable bonds is 4. The summed E-state index contributed by atoms with van der Waals surface area (Å²) in [6.45, 7) is 5.87. The van der Waals surface area contributed by atoms with E-state index in [1.54, 1.807) is 25.1 Å². The number of benzene rings is 2. The van der Waals surface area contributed by atoms with Gasteiger partial charge in [-0.05, 0) is 54.3 Å². The predicted octanol–water partition coefficient (Wildman–Crippen LogP) is 3.50. The van der Waals surface area contributed by atoms with Gasteiger partial charge in [0.2, 0.25) is 0 Å². The molecule has 2 rings (SSSR count). The molecule has 0 saturated carbocycles. The maximum absolute atomic E-state index is 12.5. The first-order chi connectivity index (χ1) is 9.79. The molecule has 5 heteroatoms. The molecule has 0 aliphatic carbocycles. The second-order valence-corrected chi connectivity index (χ2v) is 7.06. The maximum Gasteiger partial charge on any atom is 0.262 e. The molecule has 2 aromatic carbocycles. The van der Waals surface area contributed by atoms with Gasteiger partial charge >= 0.3 is 0 Å². The van der Waals surface area contributed by atoms with Crippen molar-refractivity contribution in [3.63, 3.8) is 0 Å². The molecule has 0 spiro atoms. The summed E-state index contributed by atoms with van der Waals surface area (Å²) in [6.07, 6.45) is 0. The van der Waals surface area contributed by atoms with Crippen molar-refractivity contribution < 1.29 is 8.42 Å². The monoisotopic (exact) mass is 304 g/mol. The Kier molecular flexibility index (Phi) is 4.23. The fourth-order valence-electron chi connectivity index (χ4n) is 2.15. The molecule has 0 unspecified atom stereocenters. The number of nitrogens with one attached hydrogen (secondary N) is 1. The van der Waals surface area contributed by atoms with Gasteiger partial charge in [-0.1, -0.05) is 26.0 Å². The molecule has 0 radical (unpaired) electrons. The van der Waals surface area contributed by atoms with Crippen molar-refractivity contribution in [2.24, 2.45) is 0 Å². The van der Waals surface area contributed by atoms with Crippen molar-refractivity contribution in [1.29, 1.82) is 0 Å². The minimum absolute atomic E-state index is 0.242. The van der Waals surface area contributed by atoms with Crippen molar-refractivity contribution in [3.05, 3.63) is 53.6 Å². The minimum Gasteiger partial charge on any atom is -0.399 e. The lowest BCUT2D eigenvalue weighted by Crippen LogP contribution is -2.14. The number of anilines is 2. The zero-order valence-electron chi connectivity index (χ0n) is 12.4. The normalized spacial score (nSPS) is 11.6. The number of aryl methyl sites for hydroxylation is 1. The zero-order chi connectivity index (χ0) is 15.6. The molecular weight excluding hydrogens is 284 g/mol. The van der Waals surface area contributed by atoms with E-state index < -0.39 is 10.0 Å². The Morgan fingerprint density at radius 2 is 1.81 bits per heavy atom. The first-order valence-corrected chi connectivity index (χ1v) is 8.27. The van der Waals surface area contributed by atoms with Crippen molar-refractivity contribution in [2.45, 2.75) is 31.6 Å². The molecule has 0 aliphatic heterocycles. The van der Waals surface area contributed by atoms with E-state index in [9.17, 15) is 8.42 Å². The lowest BCUT2D eigenvalue weighted by molar-refractivity contribution is 0.600. The van der Waals surface area contributed by atoms with Gasteiger partial charge in [-0.25, -0.2) is 8.42 Å². The second kappa shape index (κ2) is 5.77. The van der Waals surface area contributed by atoms with Crippen LogP contribution in [0.4, 0.5) is 11.4 Å². The van der Waals surface area contributed by atoms with E-state index in [0.29, 0.717) is 22.9 Å². The van der Waals surface area contributed by atoms with E-state index in [-0.39, 0.29) is 4.90 Å². The zero-order valence-corrected chi connectivity index (χ0v) is 13.2. The maximum atomic E-state index is 12.5. The van der Waals surface area contributed by atoms with Gasteiger partial charge in [0.25, 0.3) is 10.0 Å². The Morgan fingerprint density at radius 1 is 1.10 bits per heavy atom. The van der Waals surface area contributed by atoms with Crippen LogP contribution in [0.15, 0.2) is 47.4 Å². The molecule has 0 atom stereocenters. The van der Waals surface area contributed by atoms with E-state index in [1.165, 1.54) is 6.07 Å². The third-order valence-electron chi connectivity index (χ3n) is 3.29. The molecule has 0 bridgehead atoms. The average molecular weight is 304 g/mol. The van der Waals surface area contributed by atoms with Crippen LogP contribution in [-0.2, 0) is 10.0 Å². The van der Waals surface area contributed by atoms with Crippen molar-refractivity contribution in [3.8, 4) is 0 Å². The van der Waals surface area contributed by atoms with Crippen molar-refractivity contribution in [1.82, 2.24) is 0 Å². The van der Waals surface area contributed by atoms with E-state index >= 15 is 0 Å². The third kappa shape index (κ3) is 3.55. The molecule has 0 amide bonds. The molecule has 0 saturated heterocycles. The largest absolute Gasteiger partial charge is 0.399 e. The van der Waals surface area contributed by atoms with Crippen LogP contribution in [-0.4, -0.2) is 8.42 Å². The third-order valence-corrected chi connectivity index (χ3v) is 4.84. The van der Waals surface area contributed by atoms with E-state index in [4.69, 9.17) is 5.73 Å². The SMILES string of the molecule is Cc1cc(N)ccc1S(=O)(=O)Nc1cccc(C(C)C)c1. The summed E-state index contributed by atoms with van der Waals surface area (Å²) < 4.78 is 27.5. The molecule has 2 aromatic rings. The number of hydrogen-bond donors (Lipinski definition) is 2. The van der Waals surface area contributed by atoms with E-state index in [1.807, 2.05) is 18.2 Å². The number of hydrogen-bond acceptors (Lipinski definition) is 3. The van der Waals surface area contributed by atoms with Crippen LogP contribution >= 0.6 is 0 Å². The smallest absolute Gasteiger partial charge is 0.262 e. The van der Waals surface area contributed by atoms with Crippen LogP contribution in [0.25, 0.3) is 0 Å². The molecular formula is C16H20N2O2S. The summed E-state index contributed by atoms with van der Waals surface area (Å²) in [4.78, 5) is 0.242. The summed E-state index contributed by atoms with van der Waals surface area (Å²) in [5, 5.41) is 0. The van der Waals surface area contributed by atoms with Gasteiger partial charge in [0.15, 0.2) is 0 Å². The second-order valence-electron chi connectivity index (χ2n) is 5.41. The van der Waals surface area contributed by atoms with Crippen LogP contribution in [0.5, 0.6) is 0 Å². The molecule has 3 N–H and O–H groups in total. The average Bonchev–Trinajstić information content (AvgIpc) is 2.37. The summed E-state index contributed by atoms with van der Waals surface area (Å²) in [6, 6.07) is 12.2. The lowest BCUT2D eigenvalue weighted by atomic mass is 10.0. The fourth-order valence-corrected chi connectivity index (χ4v) is 3.42. The summed E-state index contributed by atoms with van der Waals surface area (Å²) in [5.74, 6) is 0.340. The Hall–Kier alpha value is -2.01. The van der Waals surface area contributed by atoms with Gasteiger partial charge in [-0.2, -0.15) is 0 Å². The van der Waals surface area contributed by atoms with Gasteiger partial charge in [-0.3, -0.25) is 4.72 Å². The quantitative estimate of drug-likeness (QED) is 0.849. The molecule has 0 aliphatic rings. The Balaban J connectivity index is 2.35. The van der Waals surface area contributed by atoms with Crippen LogP contribution in [0.1, 0.15) is 30.9 Å². The van der Waals surface area contributed by atoms with Gasteiger partial charge in [-0.15, -0.1) is 0 Å². The lowest BCUT2D eigenvalue weighted by Gasteiger charge is -2.13. The van der Waals surface area contributed by atoms with E-state index in [2.05, 4.69) is 18.6 Å². The highest BCUT2D eigenvalue weighted by Gasteiger charge is 2.17. The van der Waals surface area contributed by atoms with Gasteiger partial charge in [0.1, 0.15) is 0 Å². The molecule has 0 aromatic heterocycles. The van der Waals surface area contributed by atoms with Crippen molar-refractivity contribution in [2.75, 3.05) is 10.5 Å². The van der Waals surface area contributed by atoms with Gasteiger partial charge in [0, 0.05) is 11.4 Å². The van der Waals surface area contributed by atoms with Gasteiger partial charge in [0.05, 0.1) is 4.90 Å². The fraction of sp³-hybridized carbons (Fsp3) is 0.250. The minimum atomic E-state index is -3.61. The first kappa shape index (κ1) is 15.4. The number of nitrogen functional groups attached to an aromatic ring is 1. The number of nitrogens with two attached hydrogens (primary N) is 1. The predicted molar refractivity (Wildman–Crippen MR) is 86.9 cm³/mol. The standard InChI is InChI=1S/C16H20N2O2S/c1-11(2)13-5-4-6-15(10-13)18-21(19,20)16-8-7-14(17)9-12(16)3/h4-11,18H,17H2,1-3H3.